The van der Waals surface area contributed by atoms with Crippen LogP contribution in [-0.4, -0.2) is 7.11 Å². The van der Waals surface area contributed by atoms with E-state index in [1.165, 1.54) is 6.07 Å². The number of nitrogens with two attached hydrogens (primary N) is 1. The third-order valence-corrected chi connectivity index (χ3v) is 3.45. The molecule has 1 atom stereocenters. The standard InChI is InChI=1S/C15H16ClFN2O/c1-20-12-5-3-11(4-6-12)15(19-18)9-10-2-7-13(16)14(17)8-10/h2-8,15,19H,9,18H2,1H3. The third kappa shape index (κ3) is 3.48. The Balaban J connectivity index is 2.16. The lowest BCUT2D eigenvalue weighted by atomic mass is 9.99. The molecule has 2 aromatic rings. The molecular weight excluding hydrogens is 279 g/mol. The summed E-state index contributed by atoms with van der Waals surface area (Å²) in [5.41, 5.74) is 4.57. The van der Waals surface area contributed by atoms with Crippen LogP contribution in [0.3, 0.4) is 0 Å². The third-order valence-electron chi connectivity index (χ3n) is 3.14. The van der Waals surface area contributed by atoms with E-state index in [1.807, 2.05) is 24.3 Å². The maximum absolute atomic E-state index is 13.4. The molecule has 0 saturated heterocycles. The molecule has 0 spiro atoms. The molecule has 0 amide bonds. The zero-order valence-electron chi connectivity index (χ0n) is 11.1. The Bertz CT molecular complexity index is 575. The van der Waals surface area contributed by atoms with Crippen LogP contribution in [-0.2, 0) is 6.42 Å². The van der Waals surface area contributed by atoms with Gasteiger partial charge >= 0.3 is 0 Å². The predicted molar refractivity (Wildman–Crippen MR) is 78.2 cm³/mol. The van der Waals surface area contributed by atoms with Gasteiger partial charge in [0.05, 0.1) is 12.1 Å². The number of hydrazine groups is 1. The van der Waals surface area contributed by atoms with Crippen molar-refractivity contribution in [2.45, 2.75) is 12.5 Å². The van der Waals surface area contributed by atoms with E-state index in [0.717, 1.165) is 16.9 Å². The van der Waals surface area contributed by atoms with Gasteiger partial charge in [-0.1, -0.05) is 29.8 Å². The highest BCUT2D eigenvalue weighted by Crippen LogP contribution is 2.23. The largest absolute Gasteiger partial charge is 0.497 e. The average molecular weight is 295 g/mol. The molecule has 0 aliphatic carbocycles. The van der Waals surface area contributed by atoms with E-state index < -0.39 is 5.82 Å². The fourth-order valence-corrected chi connectivity index (χ4v) is 2.13. The Hall–Kier alpha value is -1.62. The summed E-state index contributed by atoms with van der Waals surface area (Å²) in [5, 5.41) is 0.121. The van der Waals surface area contributed by atoms with Crippen LogP contribution in [0.1, 0.15) is 17.2 Å². The van der Waals surface area contributed by atoms with E-state index >= 15 is 0 Å². The molecular formula is C15H16ClFN2O. The number of methoxy groups -OCH3 is 1. The van der Waals surface area contributed by atoms with Gasteiger partial charge in [-0.2, -0.15) is 0 Å². The van der Waals surface area contributed by atoms with E-state index in [-0.39, 0.29) is 11.1 Å². The molecule has 0 aliphatic heterocycles. The second kappa shape index (κ2) is 6.70. The van der Waals surface area contributed by atoms with Gasteiger partial charge in [0.25, 0.3) is 0 Å². The normalized spacial score (nSPS) is 12.2. The van der Waals surface area contributed by atoms with Crippen molar-refractivity contribution in [3.8, 4) is 5.75 Å². The molecule has 5 heteroatoms. The van der Waals surface area contributed by atoms with Crippen molar-refractivity contribution < 1.29 is 9.13 Å². The van der Waals surface area contributed by atoms with Gasteiger partial charge in [0.2, 0.25) is 0 Å². The first kappa shape index (κ1) is 14.8. The van der Waals surface area contributed by atoms with Crippen LogP contribution in [0, 0.1) is 5.82 Å². The number of halogens is 2. The minimum Gasteiger partial charge on any atom is -0.497 e. The van der Waals surface area contributed by atoms with Gasteiger partial charge in [-0.05, 0) is 41.8 Å². The zero-order valence-corrected chi connectivity index (χ0v) is 11.8. The first-order valence-corrected chi connectivity index (χ1v) is 6.56. The summed E-state index contributed by atoms with van der Waals surface area (Å²) >= 11 is 5.67. The summed E-state index contributed by atoms with van der Waals surface area (Å²) in [6.07, 6.45) is 0.566. The van der Waals surface area contributed by atoms with E-state index in [9.17, 15) is 4.39 Å². The Morgan fingerprint density at radius 1 is 1.25 bits per heavy atom. The van der Waals surface area contributed by atoms with Crippen LogP contribution in [0.25, 0.3) is 0 Å². The molecule has 0 heterocycles. The first-order chi connectivity index (χ1) is 9.63. The molecule has 3 nitrogen and oxygen atoms in total. The monoisotopic (exact) mass is 294 g/mol. The fourth-order valence-electron chi connectivity index (χ4n) is 2.01. The molecule has 2 aromatic carbocycles. The molecule has 2 rings (SSSR count). The van der Waals surface area contributed by atoms with Crippen LogP contribution in [0.2, 0.25) is 5.02 Å². The molecule has 0 fully saturated rings. The van der Waals surface area contributed by atoms with Crippen LogP contribution < -0.4 is 16.0 Å². The summed E-state index contributed by atoms with van der Waals surface area (Å²) < 4.78 is 18.5. The van der Waals surface area contributed by atoms with E-state index in [0.29, 0.717) is 6.42 Å². The van der Waals surface area contributed by atoms with Gasteiger partial charge in [-0.25, -0.2) is 4.39 Å². The predicted octanol–water partition coefficient (Wildman–Crippen LogP) is 3.23. The van der Waals surface area contributed by atoms with Crippen LogP contribution in [0.4, 0.5) is 4.39 Å². The van der Waals surface area contributed by atoms with Gasteiger partial charge in [0, 0.05) is 6.04 Å². The molecule has 0 radical (unpaired) electrons. The summed E-state index contributed by atoms with van der Waals surface area (Å²) in [7, 11) is 1.62. The maximum atomic E-state index is 13.4. The number of ether oxygens (including phenoxy) is 1. The van der Waals surface area contributed by atoms with Crippen LogP contribution in [0.15, 0.2) is 42.5 Å². The molecule has 0 bridgehead atoms. The molecule has 3 N–H and O–H groups in total. The lowest BCUT2D eigenvalue weighted by Crippen LogP contribution is -2.29. The second-order valence-corrected chi connectivity index (χ2v) is 4.85. The van der Waals surface area contributed by atoms with Crippen LogP contribution >= 0.6 is 11.6 Å². The van der Waals surface area contributed by atoms with Crippen LogP contribution in [0.5, 0.6) is 5.75 Å². The number of benzene rings is 2. The molecule has 1 unspecified atom stereocenters. The molecule has 0 saturated carbocycles. The van der Waals surface area contributed by atoms with Crippen molar-refractivity contribution >= 4 is 11.6 Å². The fraction of sp³-hybridized carbons (Fsp3) is 0.200. The van der Waals surface area contributed by atoms with Gasteiger partial charge in [-0.15, -0.1) is 0 Å². The Kier molecular flexibility index (Phi) is 4.95. The first-order valence-electron chi connectivity index (χ1n) is 6.18. The van der Waals surface area contributed by atoms with E-state index in [4.69, 9.17) is 22.2 Å². The average Bonchev–Trinajstić information content (AvgIpc) is 2.48. The van der Waals surface area contributed by atoms with Crippen molar-refractivity contribution in [2.24, 2.45) is 5.84 Å². The molecule has 20 heavy (non-hydrogen) atoms. The quantitative estimate of drug-likeness (QED) is 0.657. The van der Waals surface area contributed by atoms with Crippen molar-refractivity contribution in [3.05, 3.63) is 64.4 Å². The van der Waals surface area contributed by atoms with E-state index in [1.54, 1.807) is 19.2 Å². The minimum absolute atomic E-state index is 0.110. The SMILES string of the molecule is COc1ccc(C(Cc2ccc(Cl)c(F)c2)NN)cc1. The molecule has 106 valence electrons. The summed E-state index contributed by atoms with van der Waals surface area (Å²) in [4.78, 5) is 0. The Morgan fingerprint density at radius 2 is 1.95 bits per heavy atom. The highest BCUT2D eigenvalue weighted by molar-refractivity contribution is 6.30. The smallest absolute Gasteiger partial charge is 0.142 e. The summed E-state index contributed by atoms with van der Waals surface area (Å²) in [5.74, 6) is 5.95. The Morgan fingerprint density at radius 3 is 2.50 bits per heavy atom. The number of hydrogen-bond donors (Lipinski definition) is 2. The lowest BCUT2D eigenvalue weighted by molar-refractivity contribution is 0.414. The summed E-state index contributed by atoms with van der Waals surface area (Å²) in [6, 6.07) is 12.2. The number of hydrogen-bond acceptors (Lipinski definition) is 3. The minimum atomic E-state index is -0.422. The highest BCUT2D eigenvalue weighted by Gasteiger charge is 2.12. The zero-order chi connectivity index (χ0) is 14.5. The maximum Gasteiger partial charge on any atom is 0.142 e. The highest BCUT2D eigenvalue weighted by atomic mass is 35.5. The molecule has 0 aliphatic rings. The van der Waals surface area contributed by atoms with Crippen molar-refractivity contribution in [1.82, 2.24) is 5.43 Å². The number of rotatable bonds is 5. The van der Waals surface area contributed by atoms with Crippen molar-refractivity contribution in [1.29, 1.82) is 0 Å². The van der Waals surface area contributed by atoms with Gasteiger partial charge in [-0.3, -0.25) is 11.3 Å². The second-order valence-electron chi connectivity index (χ2n) is 4.44. The van der Waals surface area contributed by atoms with Gasteiger partial charge in [0.1, 0.15) is 11.6 Å². The van der Waals surface area contributed by atoms with E-state index in [2.05, 4.69) is 5.43 Å². The molecule has 0 aromatic heterocycles. The van der Waals surface area contributed by atoms with Gasteiger partial charge in [0.15, 0.2) is 0 Å². The topological polar surface area (TPSA) is 47.3 Å². The lowest BCUT2D eigenvalue weighted by Gasteiger charge is -2.17. The summed E-state index contributed by atoms with van der Waals surface area (Å²) in [6.45, 7) is 0. The van der Waals surface area contributed by atoms with Crippen molar-refractivity contribution in [2.75, 3.05) is 7.11 Å². The number of nitrogens with one attached hydrogen (secondary N) is 1. The Labute approximate surface area is 122 Å². The van der Waals surface area contributed by atoms with Gasteiger partial charge < -0.3 is 4.74 Å². The van der Waals surface area contributed by atoms with Crippen molar-refractivity contribution in [3.63, 3.8) is 0 Å².